The second-order valence-corrected chi connectivity index (χ2v) is 22.1. The van der Waals surface area contributed by atoms with Crippen molar-refractivity contribution in [2.24, 2.45) is 17.6 Å². The predicted molar refractivity (Wildman–Crippen MR) is 263 cm³/mol. The fraction of sp³-hybridized carbons (Fsp3) is 0.396. The summed E-state index contributed by atoms with van der Waals surface area (Å²) >= 11 is 0. The summed E-state index contributed by atoms with van der Waals surface area (Å²) in [6, 6.07) is 33.5. The number of phenolic OH excluding ortho intramolecular Hbond substituents is 1. The Balaban J connectivity index is 0.935. The van der Waals surface area contributed by atoms with Gasteiger partial charge in [0.05, 0.1) is 23.5 Å². The molecule has 0 aliphatic heterocycles. The van der Waals surface area contributed by atoms with Crippen LogP contribution in [0.4, 0.5) is 11.4 Å². The first-order chi connectivity index (χ1) is 31.6. The SMILES string of the molecule is CN(C)c1cc(NC(=O)CCCCCCCCCCC[P+](c2ccccc2)(c2ccccc2)c2ccccc2)c(O)c2c1C[C@H]1C[C@H]3[C@H](N(C)C)C(=O)C(C(N)=O)=C(O)[C@@]3(O)C(=O)C1=C2O. The van der Waals surface area contributed by atoms with E-state index in [1.54, 1.807) is 39.2 Å². The van der Waals surface area contributed by atoms with Crippen molar-refractivity contribution < 1.29 is 39.6 Å². The van der Waals surface area contributed by atoms with Crippen LogP contribution >= 0.6 is 7.26 Å². The van der Waals surface area contributed by atoms with Gasteiger partial charge in [0, 0.05) is 37.7 Å². The average molecular weight is 916 g/mol. The van der Waals surface area contributed by atoms with Gasteiger partial charge in [-0.1, -0.05) is 93.1 Å². The Bertz CT molecular complexity index is 2410. The van der Waals surface area contributed by atoms with Gasteiger partial charge in [0.1, 0.15) is 46.0 Å². The number of unbranched alkanes of at least 4 members (excludes halogenated alkanes) is 8. The number of phenols is 1. The van der Waals surface area contributed by atoms with E-state index in [4.69, 9.17) is 5.73 Å². The molecule has 1 fully saturated rings. The van der Waals surface area contributed by atoms with Crippen molar-refractivity contribution in [3.05, 3.63) is 125 Å². The number of benzene rings is 4. The van der Waals surface area contributed by atoms with Gasteiger partial charge < -0.3 is 36.4 Å². The fourth-order valence-corrected chi connectivity index (χ4v) is 15.2. The molecule has 4 atom stereocenters. The van der Waals surface area contributed by atoms with Crippen molar-refractivity contribution in [2.45, 2.75) is 88.7 Å². The van der Waals surface area contributed by atoms with E-state index in [1.807, 2.05) is 0 Å². The summed E-state index contributed by atoms with van der Waals surface area (Å²) in [5, 5.41) is 53.7. The summed E-state index contributed by atoms with van der Waals surface area (Å²) in [6.07, 6.45) is 10.9. The molecule has 0 spiro atoms. The van der Waals surface area contributed by atoms with Gasteiger partial charge in [-0.05, 0) is 100 Å². The van der Waals surface area contributed by atoms with Gasteiger partial charge in [-0.3, -0.25) is 24.1 Å². The molecular weight excluding hydrogens is 852 g/mol. The summed E-state index contributed by atoms with van der Waals surface area (Å²) in [5.41, 5.74) is 2.69. The van der Waals surface area contributed by atoms with Gasteiger partial charge in [-0.25, -0.2) is 0 Å². The van der Waals surface area contributed by atoms with E-state index in [0.717, 1.165) is 44.7 Å². The van der Waals surface area contributed by atoms with Crippen molar-refractivity contribution in [3.8, 4) is 5.75 Å². The summed E-state index contributed by atoms with van der Waals surface area (Å²) < 4.78 is 0. The van der Waals surface area contributed by atoms with E-state index in [0.29, 0.717) is 17.7 Å². The Morgan fingerprint density at radius 1 is 0.758 bits per heavy atom. The van der Waals surface area contributed by atoms with E-state index in [-0.39, 0.29) is 42.0 Å². The lowest BCUT2D eigenvalue weighted by Crippen LogP contribution is -2.65. The molecule has 66 heavy (non-hydrogen) atoms. The number of ketones is 2. The summed E-state index contributed by atoms with van der Waals surface area (Å²) in [7, 11) is 4.87. The highest BCUT2D eigenvalue weighted by Gasteiger charge is 2.64. The number of hydrogen-bond acceptors (Lipinski definition) is 10. The van der Waals surface area contributed by atoms with E-state index in [1.165, 1.54) is 33.7 Å². The second-order valence-electron chi connectivity index (χ2n) is 18.5. The number of aromatic hydroxyl groups is 1. The molecular formula is C53H64N4O8P+. The van der Waals surface area contributed by atoms with Crippen LogP contribution in [0.1, 0.15) is 81.8 Å². The van der Waals surface area contributed by atoms with Crippen LogP contribution in [-0.2, 0) is 25.6 Å². The van der Waals surface area contributed by atoms with Gasteiger partial charge in [0.25, 0.3) is 5.91 Å². The highest BCUT2D eigenvalue weighted by molar-refractivity contribution is 7.95. The number of likely N-dealkylation sites (N-methyl/N-ethyl adjacent to an activating group) is 1. The highest BCUT2D eigenvalue weighted by atomic mass is 31.2. The standard InChI is InChI=1S/C53H63N4O8P/c1-56(2)41-33-40(47(59)44-38(41)31-34-32-39-46(57(3)4)49(61)45(52(54)64)51(63)53(39,65)50(62)43(34)48(44)60)55-42(58)29-21-10-8-6-5-7-9-11-22-30-66(35-23-15-12-16-24-35,36-25-17-13-18-26-36)37-27-19-14-20-28-37/h12-20,23-28,33-34,39,46,65H,5-11,21-22,29-32H2,1-4H3,(H5-,54,55,58,59,60,61,62,63,64)/p+1/t34-,39-,46-,53-/m0/s1. The third-order valence-corrected chi connectivity index (χ3v) is 18.5. The molecule has 4 aromatic rings. The topological polar surface area (TPSA) is 194 Å². The maximum Gasteiger partial charge on any atom is 0.255 e. The van der Waals surface area contributed by atoms with Crippen LogP contribution in [0.5, 0.6) is 5.75 Å². The molecule has 2 amide bonds. The molecule has 1 saturated carbocycles. The number of primary amides is 1. The third-order valence-electron chi connectivity index (χ3n) is 13.9. The predicted octanol–water partition coefficient (Wildman–Crippen LogP) is 6.86. The molecule has 7 N–H and O–H groups in total. The summed E-state index contributed by atoms with van der Waals surface area (Å²) in [4.78, 5) is 56.6. The minimum Gasteiger partial charge on any atom is -0.508 e. The lowest BCUT2D eigenvalue weighted by atomic mass is 9.57. The molecule has 0 bridgehead atoms. The number of nitrogens with two attached hydrogens (primary N) is 1. The van der Waals surface area contributed by atoms with E-state index >= 15 is 0 Å². The molecule has 0 unspecified atom stereocenters. The van der Waals surface area contributed by atoms with Crippen LogP contribution in [0.2, 0.25) is 0 Å². The molecule has 13 heteroatoms. The smallest absolute Gasteiger partial charge is 0.255 e. The van der Waals surface area contributed by atoms with Crippen molar-refractivity contribution in [3.63, 3.8) is 0 Å². The Hall–Kier alpha value is -5.81. The summed E-state index contributed by atoms with van der Waals surface area (Å²) in [5.74, 6) is -7.56. The average Bonchev–Trinajstić information content (AvgIpc) is 3.29. The van der Waals surface area contributed by atoms with Crippen LogP contribution in [-0.4, -0.2) is 94.7 Å². The Morgan fingerprint density at radius 3 is 1.74 bits per heavy atom. The quantitative estimate of drug-likeness (QED) is 0.0251. The second kappa shape index (κ2) is 20.4. The number of nitrogens with one attached hydrogen (secondary N) is 1. The number of rotatable bonds is 19. The van der Waals surface area contributed by atoms with E-state index in [2.05, 4.69) is 96.3 Å². The van der Waals surface area contributed by atoms with Gasteiger partial charge in [-0.15, -0.1) is 0 Å². The maximum absolute atomic E-state index is 14.3. The molecule has 4 aromatic carbocycles. The Labute approximate surface area is 388 Å². The zero-order valence-corrected chi connectivity index (χ0v) is 39.4. The molecule has 3 aliphatic carbocycles. The normalized spacial score (nSPS) is 20.5. The minimum absolute atomic E-state index is 0.0148. The lowest BCUT2D eigenvalue weighted by molar-refractivity contribution is -0.153. The number of aliphatic hydroxyl groups is 3. The monoisotopic (exact) mass is 915 g/mol. The van der Waals surface area contributed by atoms with Gasteiger partial charge in [-0.2, -0.15) is 0 Å². The number of fused-ring (bicyclic) bond motifs is 3. The first-order valence-electron chi connectivity index (χ1n) is 23.2. The first-order valence-corrected chi connectivity index (χ1v) is 25.2. The minimum atomic E-state index is -2.74. The number of amides is 2. The molecule has 12 nitrogen and oxygen atoms in total. The fourth-order valence-electron chi connectivity index (χ4n) is 10.8. The Kier molecular flexibility index (Phi) is 14.9. The molecule has 3 aliphatic rings. The van der Waals surface area contributed by atoms with Crippen LogP contribution in [0, 0.1) is 11.8 Å². The molecule has 0 heterocycles. The van der Waals surface area contributed by atoms with Gasteiger partial charge in [0.2, 0.25) is 11.7 Å². The highest BCUT2D eigenvalue weighted by Crippen LogP contribution is 2.57. The van der Waals surface area contributed by atoms with Crippen LogP contribution in [0.15, 0.2) is 114 Å². The molecule has 7 rings (SSSR count). The number of carbonyl (C=O) groups excluding carboxylic acids is 4. The Morgan fingerprint density at radius 2 is 1.26 bits per heavy atom. The third kappa shape index (κ3) is 9.03. The lowest BCUT2D eigenvalue weighted by Gasteiger charge is -2.50. The zero-order valence-electron chi connectivity index (χ0n) is 38.5. The first kappa shape index (κ1) is 48.1. The van der Waals surface area contributed by atoms with Crippen LogP contribution in [0.3, 0.4) is 0 Å². The van der Waals surface area contributed by atoms with Crippen LogP contribution in [0.25, 0.3) is 5.76 Å². The van der Waals surface area contributed by atoms with Crippen molar-refractivity contribution in [1.82, 2.24) is 4.90 Å². The number of anilines is 2. The van der Waals surface area contributed by atoms with Crippen molar-refractivity contribution in [2.75, 3.05) is 44.6 Å². The molecule has 348 valence electrons. The van der Waals surface area contributed by atoms with E-state index in [9.17, 15) is 39.6 Å². The largest absolute Gasteiger partial charge is 0.508 e. The number of Topliss-reactive ketones (excluding diaryl/α,β-unsaturated/α-hetero) is 2. The maximum atomic E-state index is 14.3. The molecule has 0 aromatic heterocycles. The number of nitrogens with zero attached hydrogens (tertiary/aromatic N) is 2. The van der Waals surface area contributed by atoms with Gasteiger partial charge in [0.15, 0.2) is 11.4 Å². The summed E-state index contributed by atoms with van der Waals surface area (Å²) in [6.45, 7) is 0. The van der Waals surface area contributed by atoms with Gasteiger partial charge >= 0.3 is 0 Å². The van der Waals surface area contributed by atoms with Crippen molar-refractivity contribution in [1.29, 1.82) is 0 Å². The van der Waals surface area contributed by atoms with Crippen molar-refractivity contribution >= 4 is 63.7 Å². The number of hydrogen-bond donors (Lipinski definition) is 6. The number of carbonyl (C=O) groups is 4. The zero-order chi connectivity index (χ0) is 47.3. The molecule has 0 saturated heterocycles. The van der Waals surface area contributed by atoms with Crippen LogP contribution < -0.4 is 31.9 Å². The number of aliphatic hydroxyl groups excluding tert-OH is 2. The van der Waals surface area contributed by atoms with E-state index < -0.39 is 71.1 Å². The molecule has 0 radical (unpaired) electrons.